The van der Waals surface area contributed by atoms with Crippen LogP contribution in [0.4, 0.5) is 0 Å². The summed E-state index contributed by atoms with van der Waals surface area (Å²) in [7, 11) is 0. The summed E-state index contributed by atoms with van der Waals surface area (Å²) in [5, 5.41) is 25.2. The van der Waals surface area contributed by atoms with Crippen LogP contribution in [0.25, 0.3) is 0 Å². The summed E-state index contributed by atoms with van der Waals surface area (Å²) in [4.78, 5) is 59.8. The Morgan fingerprint density at radius 1 is 0.906 bits per heavy atom. The number of rotatable bonds is 17. The minimum absolute atomic E-state index is 0.157. The van der Waals surface area contributed by atoms with Crippen molar-refractivity contribution in [2.24, 2.45) is 11.5 Å². The van der Waals surface area contributed by atoms with Crippen LogP contribution < -0.4 is 27.4 Å². The molecule has 4 unspecified atom stereocenters. The number of hydrogen-bond donors (Lipinski definition) is 8. The van der Waals surface area contributed by atoms with Crippen molar-refractivity contribution in [1.82, 2.24) is 16.0 Å². The predicted molar refractivity (Wildman–Crippen MR) is 123 cm³/mol. The molecule has 184 valence electrons. The minimum Gasteiger partial charge on any atom is -0.481 e. The molecule has 12 nitrogen and oxygen atoms in total. The summed E-state index contributed by atoms with van der Waals surface area (Å²) in [5.74, 6) is -4.68. The quantitative estimate of drug-likeness (QED) is 0.0831. The molecule has 0 bridgehead atoms. The third-order valence-electron chi connectivity index (χ3n) is 4.36. The highest BCUT2D eigenvalue weighted by atomic mass is 32.2. The summed E-state index contributed by atoms with van der Waals surface area (Å²) < 4.78 is 0. The maximum atomic E-state index is 12.7. The van der Waals surface area contributed by atoms with Gasteiger partial charge in [-0.25, -0.2) is 4.79 Å². The fraction of sp³-hybridized carbons (Fsp3) is 0.722. The van der Waals surface area contributed by atoms with E-state index < -0.39 is 60.2 Å². The van der Waals surface area contributed by atoms with Crippen molar-refractivity contribution in [1.29, 1.82) is 0 Å². The number of aliphatic carboxylic acids is 2. The van der Waals surface area contributed by atoms with Crippen LogP contribution in [-0.4, -0.2) is 88.3 Å². The van der Waals surface area contributed by atoms with Crippen LogP contribution in [0.2, 0.25) is 0 Å². The smallest absolute Gasteiger partial charge is 0.327 e. The second-order valence-corrected chi connectivity index (χ2v) is 8.33. The second-order valence-electron chi connectivity index (χ2n) is 6.97. The summed E-state index contributed by atoms with van der Waals surface area (Å²) in [5.41, 5.74) is 11.2. The number of nitrogens with one attached hydrogen (secondary N) is 3. The lowest BCUT2D eigenvalue weighted by Gasteiger charge is -2.24. The topological polar surface area (TPSA) is 214 Å². The van der Waals surface area contributed by atoms with Crippen molar-refractivity contribution in [3.63, 3.8) is 0 Å². The number of carbonyl (C=O) groups excluding carboxylic acids is 3. The number of thiol groups is 1. The number of carbonyl (C=O) groups is 5. The zero-order valence-corrected chi connectivity index (χ0v) is 19.6. The van der Waals surface area contributed by atoms with Gasteiger partial charge in [-0.2, -0.15) is 24.4 Å². The van der Waals surface area contributed by atoms with Gasteiger partial charge >= 0.3 is 11.9 Å². The summed E-state index contributed by atoms with van der Waals surface area (Å²) >= 11 is 5.27. The zero-order chi connectivity index (χ0) is 24.7. The molecule has 0 fully saturated rings. The van der Waals surface area contributed by atoms with Crippen LogP contribution in [-0.2, 0) is 24.0 Å². The third-order valence-corrected chi connectivity index (χ3v) is 5.37. The summed E-state index contributed by atoms with van der Waals surface area (Å²) in [6, 6.07) is -4.82. The van der Waals surface area contributed by atoms with E-state index in [2.05, 4.69) is 28.6 Å². The lowest BCUT2D eigenvalue weighted by molar-refractivity contribution is -0.142. The van der Waals surface area contributed by atoms with Gasteiger partial charge in [0.15, 0.2) is 0 Å². The fourth-order valence-electron chi connectivity index (χ4n) is 2.54. The molecule has 32 heavy (non-hydrogen) atoms. The van der Waals surface area contributed by atoms with Crippen LogP contribution in [0.3, 0.4) is 0 Å². The Kier molecular flexibility index (Phi) is 15.5. The van der Waals surface area contributed by atoms with Gasteiger partial charge in [-0.3, -0.25) is 19.2 Å². The summed E-state index contributed by atoms with van der Waals surface area (Å²) in [6.07, 6.45) is 2.78. The molecule has 0 heterocycles. The Labute approximate surface area is 196 Å². The maximum Gasteiger partial charge on any atom is 0.327 e. The lowest BCUT2D eigenvalue weighted by Crippen LogP contribution is -2.57. The molecule has 0 aromatic heterocycles. The van der Waals surface area contributed by atoms with Gasteiger partial charge in [-0.05, 0) is 37.8 Å². The summed E-state index contributed by atoms with van der Waals surface area (Å²) in [6.45, 7) is 0.438. The molecule has 14 heteroatoms. The monoisotopic (exact) mass is 495 g/mol. The Morgan fingerprint density at radius 3 is 1.97 bits per heavy atom. The fourth-order valence-corrected chi connectivity index (χ4v) is 3.26. The first-order valence-electron chi connectivity index (χ1n) is 9.98. The Morgan fingerprint density at radius 2 is 1.47 bits per heavy atom. The van der Waals surface area contributed by atoms with E-state index in [4.69, 9.17) is 21.7 Å². The van der Waals surface area contributed by atoms with Gasteiger partial charge in [0.1, 0.15) is 18.1 Å². The van der Waals surface area contributed by atoms with Crippen molar-refractivity contribution in [2.45, 2.75) is 56.3 Å². The van der Waals surface area contributed by atoms with Crippen LogP contribution in [0, 0.1) is 0 Å². The zero-order valence-electron chi connectivity index (χ0n) is 17.9. The molecule has 0 aliphatic rings. The molecular formula is C18H33N5O7S2. The van der Waals surface area contributed by atoms with Gasteiger partial charge in [0.2, 0.25) is 17.7 Å². The van der Waals surface area contributed by atoms with E-state index in [-0.39, 0.29) is 12.2 Å². The predicted octanol–water partition coefficient (Wildman–Crippen LogP) is -1.86. The highest BCUT2D eigenvalue weighted by Gasteiger charge is 2.31. The van der Waals surface area contributed by atoms with Gasteiger partial charge in [0, 0.05) is 5.75 Å². The number of nitrogens with two attached hydrogens (primary N) is 2. The molecule has 9 N–H and O–H groups in total. The number of carboxylic acids is 2. The average Bonchev–Trinajstić information content (AvgIpc) is 2.73. The first-order valence-corrected chi connectivity index (χ1v) is 12.0. The van der Waals surface area contributed by atoms with Gasteiger partial charge in [0.25, 0.3) is 0 Å². The molecule has 0 saturated heterocycles. The van der Waals surface area contributed by atoms with E-state index in [1.807, 2.05) is 0 Å². The van der Waals surface area contributed by atoms with E-state index in [9.17, 15) is 24.0 Å². The lowest BCUT2D eigenvalue weighted by atomic mass is 10.1. The second kappa shape index (κ2) is 16.6. The number of thioether (sulfide) groups is 1. The Bertz CT molecular complexity index is 653. The molecule has 4 atom stereocenters. The first-order chi connectivity index (χ1) is 15.1. The molecule has 0 aromatic rings. The van der Waals surface area contributed by atoms with E-state index in [1.165, 1.54) is 11.8 Å². The normalized spacial score (nSPS) is 14.5. The van der Waals surface area contributed by atoms with Crippen molar-refractivity contribution >= 4 is 54.1 Å². The van der Waals surface area contributed by atoms with Gasteiger partial charge in [0.05, 0.1) is 12.5 Å². The van der Waals surface area contributed by atoms with Gasteiger partial charge < -0.3 is 37.6 Å². The highest BCUT2D eigenvalue weighted by Crippen LogP contribution is 2.05. The van der Waals surface area contributed by atoms with Crippen LogP contribution >= 0.6 is 24.4 Å². The van der Waals surface area contributed by atoms with Crippen molar-refractivity contribution < 1.29 is 34.2 Å². The van der Waals surface area contributed by atoms with E-state index in [1.54, 1.807) is 6.26 Å². The molecule has 0 rings (SSSR count). The number of carboxylic acid groups (broad SMARTS) is 2. The molecule has 0 radical (unpaired) electrons. The average molecular weight is 496 g/mol. The number of amides is 3. The van der Waals surface area contributed by atoms with Crippen LogP contribution in [0.5, 0.6) is 0 Å². The minimum atomic E-state index is -1.47. The molecule has 0 saturated carbocycles. The van der Waals surface area contributed by atoms with Crippen molar-refractivity contribution in [2.75, 3.05) is 24.3 Å². The van der Waals surface area contributed by atoms with Gasteiger partial charge in [-0.1, -0.05) is 6.42 Å². The van der Waals surface area contributed by atoms with Crippen LogP contribution in [0.1, 0.15) is 32.1 Å². The van der Waals surface area contributed by atoms with Crippen molar-refractivity contribution in [3.05, 3.63) is 0 Å². The highest BCUT2D eigenvalue weighted by molar-refractivity contribution is 7.98. The van der Waals surface area contributed by atoms with E-state index >= 15 is 0 Å². The Hall–Kier alpha value is -2.03. The molecular weight excluding hydrogens is 462 g/mol. The Balaban J connectivity index is 5.30. The van der Waals surface area contributed by atoms with Gasteiger partial charge in [-0.15, -0.1) is 0 Å². The number of hydrogen-bond acceptors (Lipinski definition) is 9. The first kappa shape index (κ1) is 30.0. The largest absolute Gasteiger partial charge is 0.481 e. The maximum absolute atomic E-state index is 12.7. The third kappa shape index (κ3) is 12.1. The number of unbranched alkanes of at least 4 members (excludes halogenated alkanes) is 1. The molecule has 0 aliphatic heterocycles. The van der Waals surface area contributed by atoms with Crippen LogP contribution in [0.15, 0.2) is 0 Å². The van der Waals surface area contributed by atoms with E-state index in [0.717, 1.165) is 0 Å². The molecule has 0 aromatic carbocycles. The SMILES string of the molecule is CSCCC(NC(=O)C(CC(=O)O)NC(=O)C(N)CCCCN)C(=O)NC(CS)C(=O)O. The standard InChI is InChI=1S/C18H33N5O7S2/c1-32-7-5-11(16(27)23-13(9-31)18(29)30)21-17(28)12(8-14(24)25)22-15(26)10(20)4-2-3-6-19/h10-13,31H,2-9,19-20H2,1H3,(H,21,28)(H,22,26)(H,23,27)(H,24,25)(H,29,30). The molecule has 3 amide bonds. The molecule has 0 spiro atoms. The molecule has 0 aliphatic carbocycles. The van der Waals surface area contributed by atoms with Crippen molar-refractivity contribution in [3.8, 4) is 0 Å². The van der Waals surface area contributed by atoms with E-state index in [0.29, 0.717) is 31.6 Å².